The molecule has 1 heterocycles. The summed E-state index contributed by atoms with van der Waals surface area (Å²) in [4.78, 5) is 11.5. The van der Waals surface area contributed by atoms with Gasteiger partial charge in [-0.05, 0) is 6.42 Å². The van der Waals surface area contributed by atoms with Gasteiger partial charge in [0.25, 0.3) is 0 Å². The molecule has 0 aromatic carbocycles. The van der Waals surface area contributed by atoms with E-state index in [0.717, 1.165) is 4.90 Å². The highest BCUT2D eigenvalue weighted by Gasteiger charge is 2.28. The van der Waals surface area contributed by atoms with Crippen molar-refractivity contribution in [1.29, 1.82) is 0 Å². The summed E-state index contributed by atoms with van der Waals surface area (Å²) in [6.07, 6.45) is -1.86. The zero-order valence-electron chi connectivity index (χ0n) is 6.03. The molecule has 1 aliphatic rings. The Hall–Kier alpha value is -0.840. The summed E-state index contributed by atoms with van der Waals surface area (Å²) in [5.74, 6) is 0. The maximum atomic E-state index is 12.7. The minimum Gasteiger partial charge on any atom is -0.465 e. The van der Waals surface area contributed by atoms with Gasteiger partial charge in [0.05, 0.1) is 6.04 Å². The zero-order chi connectivity index (χ0) is 8.43. The average Bonchev–Trinajstić information content (AvgIpc) is 1.94. The van der Waals surface area contributed by atoms with Crippen LogP contribution in [-0.4, -0.2) is 41.4 Å². The molecule has 0 bridgehead atoms. The molecule has 1 aliphatic heterocycles. The van der Waals surface area contributed by atoms with Crippen LogP contribution < -0.4 is 5.73 Å². The summed E-state index contributed by atoms with van der Waals surface area (Å²) in [6.45, 7) is 0.362. The first-order valence-electron chi connectivity index (χ1n) is 3.49. The molecule has 0 aliphatic carbocycles. The summed E-state index contributed by atoms with van der Waals surface area (Å²) in [5.41, 5.74) is 5.33. The van der Waals surface area contributed by atoms with Gasteiger partial charge < -0.3 is 15.7 Å². The maximum Gasteiger partial charge on any atom is 0.407 e. The van der Waals surface area contributed by atoms with Crippen molar-refractivity contribution < 1.29 is 14.3 Å². The van der Waals surface area contributed by atoms with E-state index in [1.165, 1.54) is 0 Å². The fraction of sp³-hybridized carbons (Fsp3) is 0.833. The molecule has 64 valence electrons. The number of rotatable bonds is 0. The number of hydrogen-bond donors (Lipinski definition) is 2. The summed E-state index contributed by atoms with van der Waals surface area (Å²) in [5, 5.41) is 8.49. The topological polar surface area (TPSA) is 66.6 Å². The number of likely N-dealkylation sites (tertiary alicyclic amines) is 1. The first-order valence-corrected chi connectivity index (χ1v) is 3.49. The SMILES string of the molecule is N[C@H]1CN(C(=O)O)CCC1F. The summed E-state index contributed by atoms with van der Waals surface area (Å²) >= 11 is 0. The molecule has 1 saturated heterocycles. The molecular formula is C6H11FN2O2. The summed E-state index contributed by atoms with van der Waals surface area (Å²) in [7, 11) is 0. The van der Waals surface area contributed by atoms with Gasteiger partial charge >= 0.3 is 6.09 Å². The highest BCUT2D eigenvalue weighted by molar-refractivity contribution is 5.65. The zero-order valence-corrected chi connectivity index (χ0v) is 6.03. The fourth-order valence-corrected chi connectivity index (χ4v) is 1.13. The molecule has 0 radical (unpaired) electrons. The van der Waals surface area contributed by atoms with Crippen molar-refractivity contribution >= 4 is 6.09 Å². The van der Waals surface area contributed by atoms with E-state index >= 15 is 0 Å². The normalized spacial score (nSPS) is 32.0. The van der Waals surface area contributed by atoms with Crippen LogP contribution in [0.25, 0.3) is 0 Å². The largest absolute Gasteiger partial charge is 0.465 e. The van der Waals surface area contributed by atoms with Crippen LogP contribution in [-0.2, 0) is 0 Å². The second kappa shape index (κ2) is 3.04. The first-order chi connectivity index (χ1) is 5.11. The molecular weight excluding hydrogens is 151 g/mol. The maximum absolute atomic E-state index is 12.7. The minimum absolute atomic E-state index is 0.108. The molecule has 2 atom stereocenters. The van der Waals surface area contributed by atoms with Crippen molar-refractivity contribution in [2.75, 3.05) is 13.1 Å². The molecule has 1 unspecified atom stereocenters. The predicted octanol–water partition coefficient (Wildman–Crippen LogP) is 0.0355. The Kier molecular flexibility index (Phi) is 2.28. The minimum atomic E-state index is -1.05. The first kappa shape index (κ1) is 8.26. The van der Waals surface area contributed by atoms with Crippen LogP contribution in [0.2, 0.25) is 0 Å². The van der Waals surface area contributed by atoms with Crippen LogP contribution >= 0.6 is 0 Å². The van der Waals surface area contributed by atoms with Crippen LogP contribution in [0.5, 0.6) is 0 Å². The quantitative estimate of drug-likeness (QED) is 0.528. The molecule has 5 heteroatoms. The molecule has 1 rings (SSSR count). The van der Waals surface area contributed by atoms with Gasteiger partial charge in [0.2, 0.25) is 0 Å². The Labute approximate surface area is 63.8 Å². The third-order valence-electron chi connectivity index (χ3n) is 1.84. The van der Waals surface area contributed by atoms with Crippen molar-refractivity contribution in [3.05, 3.63) is 0 Å². The van der Waals surface area contributed by atoms with Gasteiger partial charge in [-0.1, -0.05) is 0 Å². The third kappa shape index (κ3) is 1.80. The Bertz CT molecular complexity index is 165. The Balaban J connectivity index is 2.46. The fourth-order valence-electron chi connectivity index (χ4n) is 1.13. The number of hydrogen-bond acceptors (Lipinski definition) is 2. The smallest absolute Gasteiger partial charge is 0.407 e. The van der Waals surface area contributed by atoms with Crippen LogP contribution in [0.15, 0.2) is 0 Å². The van der Waals surface area contributed by atoms with E-state index in [0.29, 0.717) is 0 Å². The second-order valence-electron chi connectivity index (χ2n) is 2.70. The number of alkyl halides is 1. The van der Waals surface area contributed by atoms with Crippen molar-refractivity contribution in [3.63, 3.8) is 0 Å². The number of nitrogens with two attached hydrogens (primary N) is 1. The number of carbonyl (C=O) groups is 1. The van der Waals surface area contributed by atoms with Crippen molar-refractivity contribution in [1.82, 2.24) is 4.90 Å². The van der Waals surface area contributed by atoms with Crippen LogP contribution in [0.3, 0.4) is 0 Å². The molecule has 1 amide bonds. The Morgan fingerprint density at radius 2 is 2.36 bits per heavy atom. The van der Waals surface area contributed by atoms with Gasteiger partial charge in [-0.2, -0.15) is 0 Å². The molecule has 0 saturated carbocycles. The van der Waals surface area contributed by atoms with Crippen molar-refractivity contribution in [2.24, 2.45) is 5.73 Å². The lowest BCUT2D eigenvalue weighted by Gasteiger charge is -2.30. The average molecular weight is 162 g/mol. The van der Waals surface area contributed by atoms with Gasteiger partial charge in [-0.3, -0.25) is 0 Å². The molecule has 4 nitrogen and oxygen atoms in total. The van der Waals surface area contributed by atoms with Crippen LogP contribution in [0, 0.1) is 0 Å². The van der Waals surface area contributed by atoms with E-state index in [9.17, 15) is 9.18 Å². The lowest BCUT2D eigenvalue weighted by Crippen LogP contribution is -2.51. The van der Waals surface area contributed by atoms with E-state index in [1.54, 1.807) is 0 Å². The molecule has 1 fully saturated rings. The molecule has 11 heavy (non-hydrogen) atoms. The monoisotopic (exact) mass is 162 g/mol. The van der Waals surface area contributed by atoms with E-state index in [-0.39, 0.29) is 19.5 Å². The number of amides is 1. The van der Waals surface area contributed by atoms with Crippen molar-refractivity contribution in [3.8, 4) is 0 Å². The molecule has 0 aromatic rings. The van der Waals surface area contributed by atoms with Gasteiger partial charge in [-0.15, -0.1) is 0 Å². The van der Waals surface area contributed by atoms with E-state index in [4.69, 9.17) is 10.8 Å². The number of piperidine rings is 1. The Morgan fingerprint density at radius 3 is 2.82 bits per heavy atom. The number of nitrogens with zero attached hydrogens (tertiary/aromatic N) is 1. The van der Waals surface area contributed by atoms with E-state index in [2.05, 4.69) is 0 Å². The van der Waals surface area contributed by atoms with Gasteiger partial charge in [0, 0.05) is 13.1 Å². The van der Waals surface area contributed by atoms with Gasteiger partial charge in [-0.25, -0.2) is 9.18 Å². The highest BCUT2D eigenvalue weighted by atomic mass is 19.1. The second-order valence-corrected chi connectivity index (χ2v) is 2.70. The van der Waals surface area contributed by atoms with Crippen LogP contribution in [0.1, 0.15) is 6.42 Å². The van der Waals surface area contributed by atoms with E-state index < -0.39 is 18.3 Å². The third-order valence-corrected chi connectivity index (χ3v) is 1.84. The number of carboxylic acid groups (broad SMARTS) is 1. The summed E-state index contributed by atoms with van der Waals surface area (Å²) in [6, 6.07) is -0.653. The lowest BCUT2D eigenvalue weighted by atomic mass is 10.1. The van der Waals surface area contributed by atoms with Gasteiger partial charge in [0.15, 0.2) is 0 Å². The lowest BCUT2D eigenvalue weighted by molar-refractivity contribution is 0.103. The Morgan fingerprint density at radius 1 is 1.73 bits per heavy atom. The van der Waals surface area contributed by atoms with E-state index in [1.807, 2.05) is 0 Å². The molecule has 0 aromatic heterocycles. The number of halogens is 1. The predicted molar refractivity (Wildman–Crippen MR) is 37.1 cm³/mol. The highest BCUT2D eigenvalue weighted by Crippen LogP contribution is 2.12. The van der Waals surface area contributed by atoms with Crippen molar-refractivity contribution in [2.45, 2.75) is 18.6 Å². The summed E-state index contributed by atoms with van der Waals surface area (Å²) < 4.78 is 12.7. The molecule has 3 N–H and O–H groups in total. The van der Waals surface area contributed by atoms with Gasteiger partial charge in [0.1, 0.15) is 6.17 Å². The van der Waals surface area contributed by atoms with Crippen LogP contribution in [0.4, 0.5) is 9.18 Å². The standard InChI is InChI=1S/C6H11FN2O2/c7-4-1-2-9(6(10)11)3-5(4)8/h4-5H,1-3,8H2,(H,10,11)/t4?,5-/m0/s1. The molecule has 0 spiro atoms.